The van der Waals surface area contributed by atoms with Crippen LogP contribution in [0.15, 0.2) is 0 Å². The summed E-state index contributed by atoms with van der Waals surface area (Å²) in [5, 5.41) is 3.53. The molecule has 2 aliphatic rings. The number of nitrogens with zero attached hydrogens (tertiary/aromatic N) is 1. The van der Waals surface area contributed by atoms with Gasteiger partial charge in [0, 0.05) is 19.1 Å². The van der Waals surface area contributed by atoms with Crippen molar-refractivity contribution in [3.05, 3.63) is 0 Å². The Morgan fingerprint density at radius 3 is 2.39 bits per heavy atom. The standard InChI is InChI=1S/C16H32N2/c1-4-7-16(8-10-17-11-9-16)13-18(14(2)3)12-15-5-6-15/h14-15,17H,4-13H2,1-3H3. The zero-order valence-corrected chi connectivity index (χ0v) is 12.7. The van der Waals surface area contributed by atoms with Crippen molar-refractivity contribution >= 4 is 0 Å². The predicted octanol–water partition coefficient (Wildman–Crippen LogP) is 3.28. The molecule has 2 rings (SSSR count). The highest BCUT2D eigenvalue weighted by atomic mass is 15.2. The Balaban J connectivity index is 1.95. The van der Waals surface area contributed by atoms with E-state index in [0.717, 1.165) is 5.92 Å². The average molecular weight is 252 g/mol. The van der Waals surface area contributed by atoms with Crippen molar-refractivity contribution in [1.29, 1.82) is 0 Å². The molecule has 0 radical (unpaired) electrons. The molecule has 0 bridgehead atoms. The lowest BCUT2D eigenvalue weighted by Crippen LogP contribution is -2.47. The van der Waals surface area contributed by atoms with Crippen LogP contribution in [0.5, 0.6) is 0 Å². The van der Waals surface area contributed by atoms with Gasteiger partial charge in [0.25, 0.3) is 0 Å². The smallest absolute Gasteiger partial charge is 0.00417 e. The molecule has 18 heavy (non-hydrogen) atoms. The highest BCUT2D eigenvalue weighted by Gasteiger charge is 2.35. The maximum atomic E-state index is 3.53. The highest BCUT2D eigenvalue weighted by Crippen LogP contribution is 2.37. The van der Waals surface area contributed by atoms with Crippen LogP contribution in [0.3, 0.4) is 0 Å². The molecule has 1 aliphatic carbocycles. The number of hydrogen-bond donors (Lipinski definition) is 1. The third-order valence-electron chi connectivity index (χ3n) is 4.90. The molecule has 0 atom stereocenters. The molecule has 0 spiro atoms. The van der Waals surface area contributed by atoms with Crippen LogP contribution in [-0.4, -0.2) is 37.1 Å². The van der Waals surface area contributed by atoms with Gasteiger partial charge in [0.1, 0.15) is 0 Å². The molecule has 106 valence electrons. The quantitative estimate of drug-likeness (QED) is 0.748. The van der Waals surface area contributed by atoms with E-state index in [4.69, 9.17) is 0 Å². The fourth-order valence-corrected chi connectivity index (χ4v) is 3.50. The Kier molecular flexibility index (Phi) is 5.08. The monoisotopic (exact) mass is 252 g/mol. The Hall–Kier alpha value is -0.0800. The topological polar surface area (TPSA) is 15.3 Å². The van der Waals surface area contributed by atoms with Gasteiger partial charge in [-0.15, -0.1) is 0 Å². The lowest BCUT2D eigenvalue weighted by molar-refractivity contribution is 0.0785. The number of piperidine rings is 1. The van der Waals surface area contributed by atoms with Crippen molar-refractivity contribution in [2.24, 2.45) is 11.3 Å². The first-order valence-electron chi connectivity index (χ1n) is 8.10. The van der Waals surface area contributed by atoms with Gasteiger partial charge in [0.2, 0.25) is 0 Å². The van der Waals surface area contributed by atoms with E-state index >= 15 is 0 Å². The second kappa shape index (κ2) is 6.38. The van der Waals surface area contributed by atoms with Gasteiger partial charge in [0.05, 0.1) is 0 Å². The highest BCUT2D eigenvalue weighted by molar-refractivity contribution is 4.89. The van der Waals surface area contributed by atoms with Crippen molar-refractivity contribution in [3.63, 3.8) is 0 Å². The lowest BCUT2D eigenvalue weighted by Gasteiger charge is -2.43. The van der Waals surface area contributed by atoms with Gasteiger partial charge >= 0.3 is 0 Å². The van der Waals surface area contributed by atoms with E-state index in [1.807, 2.05) is 0 Å². The zero-order chi connectivity index (χ0) is 13.0. The van der Waals surface area contributed by atoms with Crippen LogP contribution in [0.25, 0.3) is 0 Å². The molecule has 2 heteroatoms. The summed E-state index contributed by atoms with van der Waals surface area (Å²) < 4.78 is 0. The van der Waals surface area contributed by atoms with Crippen LogP contribution in [0.4, 0.5) is 0 Å². The van der Waals surface area contributed by atoms with E-state index in [9.17, 15) is 0 Å². The van der Waals surface area contributed by atoms with E-state index in [0.29, 0.717) is 11.5 Å². The summed E-state index contributed by atoms with van der Waals surface area (Å²) in [6.45, 7) is 12.3. The molecule has 2 fully saturated rings. The molecular weight excluding hydrogens is 220 g/mol. The van der Waals surface area contributed by atoms with Gasteiger partial charge in [-0.1, -0.05) is 13.3 Å². The van der Waals surface area contributed by atoms with Crippen molar-refractivity contribution in [2.75, 3.05) is 26.2 Å². The van der Waals surface area contributed by atoms with Crippen molar-refractivity contribution in [2.45, 2.75) is 65.3 Å². The van der Waals surface area contributed by atoms with E-state index in [2.05, 4.69) is 31.0 Å². The molecule has 1 heterocycles. The van der Waals surface area contributed by atoms with Gasteiger partial charge < -0.3 is 10.2 Å². The van der Waals surface area contributed by atoms with E-state index < -0.39 is 0 Å². The van der Waals surface area contributed by atoms with Gasteiger partial charge in [0.15, 0.2) is 0 Å². The Morgan fingerprint density at radius 1 is 1.22 bits per heavy atom. The van der Waals surface area contributed by atoms with E-state index in [-0.39, 0.29) is 0 Å². The molecular formula is C16H32N2. The minimum absolute atomic E-state index is 0.610. The number of rotatable bonds is 7. The summed E-state index contributed by atoms with van der Waals surface area (Å²) in [5.74, 6) is 1.02. The minimum atomic E-state index is 0.610. The summed E-state index contributed by atoms with van der Waals surface area (Å²) >= 11 is 0. The molecule has 1 N–H and O–H groups in total. The first kappa shape index (κ1) is 14.3. The summed E-state index contributed by atoms with van der Waals surface area (Å²) in [7, 11) is 0. The molecule has 0 aromatic carbocycles. The first-order valence-corrected chi connectivity index (χ1v) is 8.10. The molecule has 2 nitrogen and oxygen atoms in total. The van der Waals surface area contributed by atoms with Gasteiger partial charge in [-0.05, 0) is 70.4 Å². The minimum Gasteiger partial charge on any atom is -0.317 e. The van der Waals surface area contributed by atoms with E-state index in [1.54, 1.807) is 0 Å². The molecule has 1 aliphatic heterocycles. The SMILES string of the molecule is CCCC1(CN(CC2CC2)C(C)C)CCNCC1. The molecule has 1 saturated heterocycles. The second-order valence-corrected chi connectivity index (χ2v) is 6.97. The number of nitrogens with one attached hydrogen (secondary N) is 1. The summed E-state index contributed by atoms with van der Waals surface area (Å²) in [4.78, 5) is 2.78. The fourth-order valence-electron chi connectivity index (χ4n) is 3.50. The largest absolute Gasteiger partial charge is 0.317 e. The summed E-state index contributed by atoms with van der Waals surface area (Å²) in [6.07, 6.45) is 8.48. The van der Waals surface area contributed by atoms with E-state index in [1.165, 1.54) is 64.7 Å². The Bertz CT molecular complexity index is 234. The van der Waals surface area contributed by atoms with Crippen LogP contribution < -0.4 is 5.32 Å². The lowest BCUT2D eigenvalue weighted by atomic mass is 9.74. The second-order valence-electron chi connectivity index (χ2n) is 6.97. The Labute approximate surface area is 114 Å². The molecule has 0 unspecified atom stereocenters. The molecule has 1 saturated carbocycles. The third-order valence-corrected chi connectivity index (χ3v) is 4.90. The summed E-state index contributed by atoms with van der Waals surface area (Å²) in [5.41, 5.74) is 0.610. The first-order chi connectivity index (χ1) is 8.65. The zero-order valence-electron chi connectivity index (χ0n) is 12.7. The average Bonchev–Trinajstić information content (AvgIpc) is 3.13. The van der Waals surface area contributed by atoms with Gasteiger partial charge in [-0.3, -0.25) is 0 Å². The van der Waals surface area contributed by atoms with Crippen LogP contribution >= 0.6 is 0 Å². The maximum Gasteiger partial charge on any atom is 0.00417 e. The van der Waals surface area contributed by atoms with Crippen LogP contribution in [0.2, 0.25) is 0 Å². The maximum absolute atomic E-state index is 3.53. The predicted molar refractivity (Wildman–Crippen MR) is 78.9 cm³/mol. The molecule has 0 amide bonds. The Morgan fingerprint density at radius 2 is 1.89 bits per heavy atom. The normalized spacial score (nSPS) is 23.8. The molecule has 0 aromatic heterocycles. The number of hydrogen-bond acceptors (Lipinski definition) is 2. The van der Waals surface area contributed by atoms with Crippen LogP contribution in [-0.2, 0) is 0 Å². The van der Waals surface area contributed by atoms with Crippen molar-refractivity contribution in [1.82, 2.24) is 10.2 Å². The fraction of sp³-hybridized carbons (Fsp3) is 1.00. The van der Waals surface area contributed by atoms with Crippen molar-refractivity contribution < 1.29 is 0 Å². The molecule has 0 aromatic rings. The van der Waals surface area contributed by atoms with Crippen molar-refractivity contribution in [3.8, 4) is 0 Å². The summed E-state index contributed by atoms with van der Waals surface area (Å²) in [6, 6.07) is 0.717. The van der Waals surface area contributed by atoms with Gasteiger partial charge in [-0.25, -0.2) is 0 Å². The third kappa shape index (κ3) is 3.96. The van der Waals surface area contributed by atoms with Gasteiger partial charge in [-0.2, -0.15) is 0 Å². The van der Waals surface area contributed by atoms with Crippen LogP contribution in [0, 0.1) is 11.3 Å². The van der Waals surface area contributed by atoms with Crippen LogP contribution in [0.1, 0.15) is 59.3 Å².